The maximum atomic E-state index is 12.8. The molecule has 3 aliphatic heterocycles. The summed E-state index contributed by atoms with van der Waals surface area (Å²) < 4.78 is 6.24. The van der Waals surface area contributed by atoms with E-state index in [1.54, 1.807) is 11.0 Å². The molecule has 0 spiro atoms. The molecule has 0 saturated carbocycles. The van der Waals surface area contributed by atoms with Gasteiger partial charge in [0.25, 0.3) is 5.91 Å². The Morgan fingerprint density at radius 3 is 2.79 bits per heavy atom. The van der Waals surface area contributed by atoms with Gasteiger partial charge in [-0.2, -0.15) is 0 Å². The van der Waals surface area contributed by atoms with Crippen LogP contribution < -0.4 is 10.1 Å². The van der Waals surface area contributed by atoms with Crippen molar-refractivity contribution < 1.29 is 19.1 Å². The van der Waals surface area contributed by atoms with E-state index in [9.17, 15) is 14.4 Å². The van der Waals surface area contributed by atoms with E-state index in [0.29, 0.717) is 24.4 Å². The number of carbonyl (C=O) groups excluding carboxylic acids is 3. The summed E-state index contributed by atoms with van der Waals surface area (Å²) in [6, 6.07) is 4.98. The van der Waals surface area contributed by atoms with Gasteiger partial charge in [-0.25, -0.2) is 0 Å². The van der Waals surface area contributed by atoms with Crippen LogP contribution in [0.3, 0.4) is 0 Å². The van der Waals surface area contributed by atoms with Gasteiger partial charge in [0.2, 0.25) is 11.8 Å². The first-order valence-corrected chi connectivity index (χ1v) is 10.1. The molecule has 1 aromatic rings. The van der Waals surface area contributed by atoms with Crippen molar-refractivity contribution in [3.05, 3.63) is 29.3 Å². The Labute approximate surface area is 165 Å². The van der Waals surface area contributed by atoms with Crippen LogP contribution in [0.1, 0.15) is 49.0 Å². The number of fused-ring (bicyclic) bond motifs is 1. The summed E-state index contributed by atoms with van der Waals surface area (Å²) in [6.45, 7) is 7.83. The number of ether oxygens (including phenoxy) is 1. The maximum absolute atomic E-state index is 12.8. The SMILES string of the molecule is CCN1C[C@H](C)C[C@H](Oc2ccc3c(c2)CN([C@@H]2CCC(=O)NC2=O)C3=O)C1. The number of nitrogens with one attached hydrogen (secondary N) is 1. The van der Waals surface area contributed by atoms with Crippen LogP contribution in [0.5, 0.6) is 5.75 Å². The molecule has 28 heavy (non-hydrogen) atoms. The summed E-state index contributed by atoms with van der Waals surface area (Å²) in [6.07, 6.45) is 1.80. The van der Waals surface area contributed by atoms with Crippen molar-refractivity contribution >= 4 is 17.7 Å². The highest BCUT2D eigenvalue weighted by Gasteiger charge is 2.39. The highest BCUT2D eigenvalue weighted by molar-refractivity contribution is 6.05. The molecule has 0 aromatic heterocycles. The topological polar surface area (TPSA) is 79.0 Å². The Kier molecular flexibility index (Phi) is 5.10. The first-order chi connectivity index (χ1) is 13.4. The van der Waals surface area contributed by atoms with E-state index in [-0.39, 0.29) is 30.2 Å². The molecule has 0 bridgehead atoms. The molecule has 7 heteroatoms. The Bertz CT molecular complexity index is 809. The molecule has 0 aliphatic carbocycles. The van der Waals surface area contributed by atoms with Gasteiger partial charge in [-0.3, -0.25) is 24.6 Å². The lowest BCUT2D eigenvalue weighted by atomic mass is 9.98. The summed E-state index contributed by atoms with van der Waals surface area (Å²) in [5, 5.41) is 2.33. The van der Waals surface area contributed by atoms with Gasteiger partial charge in [0, 0.05) is 31.6 Å². The van der Waals surface area contributed by atoms with Crippen molar-refractivity contribution in [3.63, 3.8) is 0 Å². The number of piperidine rings is 2. The van der Waals surface area contributed by atoms with Gasteiger partial charge < -0.3 is 9.64 Å². The summed E-state index contributed by atoms with van der Waals surface area (Å²) in [7, 11) is 0. The molecule has 3 heterocycles. The normalized spacial score (nSPS) is 28.3. The molecule has 2 saturated heterocycles. The minimum absolute atomic E-state index is 0.144. The number of rotatable bonds is 4. The van der Waals surface area contributed by atoms with E-state index in [1.807, 2.05) is 12.1 Å². The molecular weight excluding hydrogens is 358 g/mol. The monoisotopic (exact) mass is 385 g/mol. The summed E-state index contributed by atoms with van der Waals surface area (Å²) in [5.74, 6) is 0.553. The first kappa shape index (κ1) is 18.9. The highest BCUT2D eigenvalue weighted by atomic mass is 16.5. The lowest BCUT2D eigenvalue weighted by molar-refractivity contribution is -0.136. The standard InChI is InChI=1S/C21H27N3O4/c1-3-23-10-13(2)8-16(12-23)28-15-4-5-17-14(9-15)11-24(21(17)27)18-6-7-19(25)22-20(18)26/h4-5,9,13,16,18H,3,6-8,10-12H2,1-2H3,(H,22,25,26)/t13-,16+,18-/m1/s1. The molecule has 3 aliphatic rings. The van der Waals surface area contributed by atoms with Gasteiger partial charge >= 0.3 is 0 Å². The summed E-state index contributed by atoms with van der Waals surface area (Å²) >= 11 is 0. The Balaban J connectivity index is 1.46. The van der Waals surface area contributed by atoms with Crippen LogP contribution in [0.15, 0.2) is 18.2 Å². The first-order valence-electron chi connectivity index (χ1n) is 10.1. The Morgan fingerprint density at radius 1 is 1.21 bits per heavy atom. The second-order valence-electron chi connectivity index (χ2n) is 8.15. The van der Waals surface area contributed by atoms with Crippen molar-refractivity contribution in [1.29, 1.82) is 0 Å². The van der Waals surface area contributed by atoms with Crippen LogP contribution in [-0.2, 0) is 16.1 Å². The summed E-state index contributed by atoms with van der Waals surface area (Å²) in [4.78, 5) is 40.3. The van der Waals surface area contributed by atoms with Crippen molar-refractivity contribution in [2.45, 2.75) is 51.8 Å². The van der Waals surface area contributed by atoms with Crippen molar-refractivity contribution in [3.8, 4) is 5.75 Å². The van der Waals surface area contributed by atoms with Gasteiger partial charge in [-0.15, -0.1) is 0 Å². The van der Waals surface area contributed by atoms with Crippen molar-refractivity contribution in [2.75, 3.05) is 19.6 Å². The molecule has 150 valence electrons. The van der Waals surface area contributed by atoms with Gasteiger partial charge in [0.15, 0.2) is 0 Å². The fourth-order valence-corrected chi connectivity index (χ4v) is 4.56. The third-order valence-corrected chi connectivity index (χ3v) is 5.94. The average molecular weight is 385 g/mol. The molecule has 1 aromatic carbocycles. The minimum Gasteiger partial charge on any atom is -0.489 e. The fraction of sp³-hybridized carbons (Fsp3) is 0.571. The Hall–Kier alpha value is -2.41. The van der Waals surface area contributed by atoms with Gasteiger partial charge in [-0.1, -0.05) is 13.8 Å². The minimum atomic E-state index is -0.584. The van der Waals surface area contributed by atoms with Crippen molar-refractivity contribution in [2.24, 2.45) is 5.92 Å². The zero-order valence-electron chi connectivity index (χ0n) is 16.4. The van der Waals surface area contributed by atoms with E-state index in [4.69, 9.17) is 4.74 Å². The predicted octanol–water partition coefficient (Wildman–Crippen LogP) is 1.56. The van der Waals surface area contributed by atoms with E-state index in [2.05, 4.69) is 24.1 Å². The van der Waals surface area contributed by atoms with Gasteiger partial charge in [0.1, 0.15) is 17.9 Å². The average Bonchev–Trinajstić information content (AvgIpc) is 2.97. The molecule has 4 rings (SSSR count). The van der Waals surface area contributed by atoms with Crippen LogP contribution >= 0.6 is 0 Å². The smallest absolute Gasteiger partial charge is 0.255 e. The van der Waals surface area contributed by atoms with Crippen LogP contribution in [0, 0.1) is 5.92 Å². The van der Waals surface area contributed by atoms with Crippen molar-refractivity contribution in [1.82, 2.24) is 15.1 Å². The number of benzene rings is 1. The van der Waals surface area contributed by atoms with Crippen LogP contribution in [-0.4, -0.2) is 59.3 Å². The predicted molar refractivity (Wildman–Crippen MR) is 103 cm³/mol. The van der Waals surface area contributed by atoms with Gasteiger partial charge in [-0.05, 0) is 49.1 Å². The quantitative estimate of drug-likeness (QED) is 0.796. The number of hydrogen-bond donors (Lipinski definition) is 1. The number of hydrogen-bond acceptors (Lipinski definition) is 5. The zero-order chi connectivity index (χ0) is 19.8. The molecule has 3 amide bonds. The number of likely N-dealkylation sites (tertiary alicyclic amines) is 1. The second kappa shape index (κ2) is 7.54. The fourth-order valence-electron chi connectivity index (χ4n) is 4.56. The third kappa shape index (κ3) is 3.63. The Morgan fingerprint density at radius 2 is 2.04 bits per heavy atom. The summed E-state index contributed by atoms with van der Waals surface area (Å²) in [5.41, 5.74) is 1.49. The molecule has 1 N–H and O–H groups in total. The molecule has 0 unspecified atom stereocenters. The molecule has 7 nitrogen and oxygen atoms in total. The third-order valence-electron chi connectivity index (χ3n) is 5.94. The maximum Gasteiger partial charge on any atom is 0.255 e. The molecular formula is C21H27N3O4. The zero-order valence-corrected chi connectivity index (χ0v) is 16.4. The lowest BCUT2D eigenvalue weighted by Crippen LogP contribution is -2.52. The van der Waals surface area contributed by atoms with E-state index < -0.39 is 6.04 Å². The van der Waals surface area contributed by atoms with E-state index >= 15 is 0 Å². The number of imide groups is 1. The lowest BCUT2D eigenvalue weighted by Gasteiger charge is -2.35. The number of amides is 3. The van der Waals surface area contributed by atoms with E-state index in [1.165, 1.54) is 0 Å². The molecule has 2 fully saturated rings. The van der Waals surface area contributed by atoms with Gasteiger partial charge in [0.05, 0.1) is 0 Å². The van der Waals surface area contributed by atoms with Crippen LogP contribution in [0.25, 0.3) is 0 Å². The molecule has 0 radical (unpaired) electrons. The number of likely N-dealkylation sites (N-methyl/N-ethyl adjacent to an activating group) is 1. The molecule has 3 atom stereocenters. The number of nitrogens with zero attached hydrogens (tertiary/aromatic N) is 2. The largest absolute Gasteiger partial charge is 0.489 e. The van der Waals surface area contributed by atoms with E-state index in [0.717, 1.165) is 37.4 Å². The second-order valence-corrected chi connectivity index (χ2v) is 8.15. The number of carbonyl (C=O) groups is 3. The van der Waals surface area contributed by atoms with Crippen LogP contribution in [0.2, 0.25) is 0 Å². The van der Waals surface area contributed by atoms with Crippen LogP contribution in [0.4, 0.5) is 0 Å². The highest BCUT2D eigenvalue weighted by Crippen LogP contribution is 2.31.